The highest BCUT2D eigenvalue weighted by Gasteiger charge is 2.27. The molecule has 1 aromatic carbocycles. The zero-order valence-corrected chi connectivity index (χ0v) is 19.7. The van der Waals surface area contributed by atoms with Crippen molar-refractivity contribution >= 4 is 16.7 Å². The number of aryl methyl sites for hydroxylation is 1. The van der Waals surface area contributed by atoms with E-state index in [0.29, 0.717) is 29.7 Å². The van der Waals surface area contributed by atoms with Gasteiger partial charge in [0.25, 0.3) is 5.56 Å². The van der Waals surface area contributed by atoms with Crippen LogP contribution in [0.3, 0.4) is 0 Å². The first-order valence-electron chi connectivity index (χ1n) is 11.8. The number of Topliss-reactive ketones (excluding diaryl/α,β-unsaturated/α-hetero) is 1. The number of nitrogens with one attached hydrogen (secondary N) is 1. The first kappa shape index (κ1) is 22.4. The molecule has 5 nitrogen and oxygen atoms in total. The lowest BCUT2D eigenvalue weighted by Crippen LogP contribution is -2.20. The highest BCUT2D eigenvalue weighted by molar-refractivity contribution is 6.09. The Hall–Kier alpha value is -2.82. The quantitative estimate of drug-likeness (QED) is 0.470. The van der Waals surface area contributed by atoms with Gasteiger partial charge in [-0.2, -0.15) is 0 Å². The topological polar surface area (TPSA) is 64.1 Å². The van der Waals surface area contributed by atoms with Gasteiger partial charge >= 0.3 is 0 Å². The molecule has 1 aliphatic rings. The molecule has 4 rings (SSSR count). The van der Waals surface area contributed by atoms with Crippen LogP contribution in [0.25, 0.3) is 10.9 Å². The fourth-order valence-corrected chi connectivity index (χ4v) is 5.56. The Morgan fingerprint density at radius 1 is 1.19 bits per heavy atom. The Morgan fingerprint density at radius 3 is 2.62 bits per heavy atom. The summed E-state index contributed by atoms with van der Waals surface area (Å²) in [7, 11) is 1.56. The summed E-state index contributed by atoms with van der Waals surface area (Å²) in [6.07, 6.45) is 7.07. The molecule has 5 heteroatoms. The third-order valence-electron chi connectivity index (χ3n) is 7.23. The largest absolute Gasteiger partial charge is 0.496 e. The molecule has 1 fully saturated rings. The average Bonchev–Trinajstić information content (AvgIpc) is 3.09. The number of ether oxygens (including phenoxy) is 1. The molecular formula is C27H34N2O3. The zero-order chi connectivity index (χ0) is 22.8. The second-order valence-corrected chi connectivity index (χ2v) is 9.24. The summed E-state index contributed by atoms with van der Waals surface area (Å²) in [5.41, 5.74) is 4.07. The molecule has 1 aliphatic carbocycles. The third-order valence-corrected chi connectivity index (χ3v) is 7.23. The van der Waals surface area contributed by atoms with Gasteiger partial charge in [0.15, 0.2) is 5.78 Å². The van der Waals surface area contributed by atoms with E-state index in [4.69, 9.17) is 4.74 Å². The molecule has 3 aromatic rings. The number of nitrogens with zero attached hydrogens (tertiary/aromatic N) is 1. The van der Waals surface area contributed by atoms with E-state index < -0.39 is 0 Å². The summed E-state index contributed by atoms with van der Waals surface area (Å²) in [6, 6.07) is 10.4. The van der Waals surface area contributed by atoms with Gasteiger partial charge in [0, 0.05) is 40.3 Å². The molecule has 2 heterocycles. The molecule has 2 aromatic heterocycles. The van der Waals surface area contributed by atoms with Crippen LogP contribution in [-0.4, -0.2) is 22.4 Å². The van der Waals surface area contributed by atoms with Gasteiger partial charge in [-0.05, 0) is 58.1 Å². The fourth-order valence-electron chi connectivity index (χ4n) is 5.56. The Balaban J connectivity index is 1.67. The summed E-state index contributed by atoms with van der Waals surface area (Å²) in [5, 5.41) is 1.02. The summed E-state index contributed by atoms with van der Waals surface area (Å²) in [4.78, 5) is 28.8. The summed E-state index contributed by atoms with van der Waals surface area (Å²) in [6.45, 7) is 6.21. The molecule has 0 aliphatic heterocycles. The van der Waals surface area contributed by atoms with Crippen molar-refractivity contribution < 1.29 is 9.53 Å². The van der Waals surface area contributed by atoms with Crippen LogP contribution in [0.5, 0.6) is 5.75 Å². The fraction of sp³-hybridized carbons (Fsp3) is 0.481. The molecule has 0 spiro atoms. The van der Waals surface area contributed by atoms with Crippen molar-refractivity contribution in [1.82, 2.24) is 9.55 Å². The predicted octanol–water partition coefficient (Wildman–Crippen LogP) is 5.91. The minimum absolute atomic E-state index is 0.0790. The molecule has 170 valence electrons. The van der Waals surface area contributed by atoms with E-state index >= 15 is 0 Å². The number of fused-ring (bicyclic) bond motifs is 1. The molecular weight excluding hydrogens is 400 g/mol. The maximum absolute atomic E-state index is 13.5. The van der Waals surface area contributed by atoms with E-state index in [1.54, 1.807) is 7.11 Å². The summed E-state index contributed by atoms with van der Waals surface area (Å²) < 4.78 is 7.79. The average molecular weight is 435 g/mol. The van der Waals surface area contributed by atoms with E-state index in [2.05, 4.69) is 41.6 Å². The number of rotatable bonds is 7. The minimum atomic E-state index is -0.181. The normalized spacial score (nSPS) is 15.8. The number of benzene rings is 1. The Morgan fingerprint density at radius 2 is 1.91 bits per heavy atom. The van der Waals surface area contributed by atoms with E-state index in [9.17, 15) is 9.59 Å². The van der Waals surface area contributed by atoms with E-state index in [1.807, 2.05) is 19.1 Å². The third kappa shape index (κ3) is 4.13. The molecule has 0 radical (unpaired) electrons. The molecule has 0 bridgehead atoms. The number of hydrogen-bond donors (Lipinski definition) is 1. The molecule has 1 atom stereocenters. The van der Waals surface area contributed by atoms with Crippen LogP contribution >= 0.6 is 0 Å². The number of aromatic amines is 1. The van der Waals surface area contributed by atoms with Gasteiger partial charge in [-0.15, -0.1) is 0 Å². The number of H-pyrrole nitrogens is 1. The smallest absolute Gasteiger partial charge is 0.255 e. The number of aromatic nitrogens is 2. The van der Waals surface area contributed by atoms with Gasteiger partial charge in [-0.25, -0.2) is 0 Å². The van der Waals surface area contributed by atoms with Gasteiger partial charge in [0.05, 0.1) is 12.7 Å². The van der Waals surface area contributed by atoms with Crippen molar-refractivity contribution in [2.75, 3.05) is 7.11 Å². The first-order chi connectivity index (χ1) is 15.4. The molecule has 0 saturated heterocycles. The maximum atomic E-state index is 13.5. The van der Waals surface area contributed by atoms with Gasteiger partial charge < -0.3 is 14.3 Å². The van der Waals surface area contributed by atoms with Crippen molar-refractivity contribution in [3.63, 3.8) is 0 Å². The molecule has 32 heavy (non-hydrogen) atoms. The number of methoxy groups -OCH3 is 1. The van der Waals surface area contributed by atoms with E-state index in [1.165, 1.54) is 32.1 Å². The van der Waals surface area contributed by atoms with Crippen LogP contribution in [-0.2, 0) is 6.42 Å². The highest BCUT2D eigenvalue weighted by Crippen LogP contribution is 2.38. The first-order valence-corrected chi connectivity index (χ1v) is 11.8. The summed E-state index contributed by atoms with van der Waals surface area (Å²) in [5.74, 6) is 1.27. The highest BCUT2D eigenvalue weighted by atomic mass is 16.5. The van der Waals surface area contributed by atoms with Crippen molar-refractivity contribution in [2.24, 2.45) is 5.92 Å². The van der Waals surface area contributed by atoms with Crippen molar-refractivity contribution in [3.8, 4) is 5.75 Å². The lowest BCUT2D eigenvalue weighted by atomic mass is 9.84. The van der Waals surface area contributed by atoms with Crippen LogP contribution in [0.15, 0.2) is 35.1 Å². The van der Waals surface area contributed by atoms with Crippen LogP contribution in [0.4, 0.5) is 0 Å². The maximum Gasteiger partial charge on any atom is 0.255 e. The minimum Gasteiger partial charge on any atom is -0.496 e. The van der Waals surface area contributed by atoms with Gasteiger partial charge in [0.1, 0.15) is 5.75 Å². The predicted molar refractivity (Wildman–Crippen MR) is 129 cm³/mol. The SMILES string of the molecule is COc1cc(C)[nH]c(=O)c1CCC(=O)c1c(C)n([C@H](C)C2CCCCC2)c2ccccc12. The van der Waals surface area contributed by atoms with Crippen LogP contribution in [0, 0.1) is 19.8 Å². The van der Waals surface area contributed by atoms with Crippen molar-refractivity contribution in [1.29, 1.82) is 0 Å². The number of carbonyl (C=O) groups excluding carboxylic acids is 1. The Kier molecular flexibility index (Phi) is 6.54. The number of ketones is 1. The Bertz CT molecular complexity index is 1180. The van der Waals surface area contributed by atoms with Gasteiger partial charge in [-0.1, -0.05) is 37.5 Å². The molecule has 0 amide bonds. The number of pyridine rings is 1. The summed E-state index contributed by atoms with van der Waals surface area (Å²) >= 11 is 0. The number of para-hydroxylation sites is 1. The number of hydrogen-bond acceptors (Lipinski definition) is 3. The lowest BCUT2D eigenvalue weighted by molar-refractivity contribution is 0.0983. The molecule has 1 N–H and O–H groups in total. The van der Waals surface area contributed by atoms with E-state index in [0.717, 1.165) is 27.9 Å². The number of carbonyl (C=O) groups is 1. The van der Waals surface area contributed by atoms with Gasteiger partial charge in [0.2, 0.25) is 0 Å². The van der Waals surface area contributed by atoms with Crippen LogP contribution < -0.4 is 10.3 Å². The van der Waals surface area contributed by atoms with Gasteiger partial charge in [-0.3, -0.25) is 9.59 Å². The van der Waals surface area contributed by atoms with Crippen LogP contribution in [0.1, 0.15) is 78.8 Å². The standard InChI is InChI=1S/C27H34N2O3/c1-17-16-25(32-4)22(27(31)28-17)14-15-24(30)26-19(3)29(23-13-9-8-12-21(23)26)18(2)20-10-6-5-7-11-20/h8-9,12-13,16,18,20H,5-7,10-11,14-15H2,1-4H3,(H,28,31)/t18-/m1/s1. The van der Waals surface area contributed by atoms with E-state index in [-0.39, 0.29) is 17.8 Å². The second kappa shape index (κ2) is 9.35. The van der Waals surface area contributed by atoms with Crippen molar-refractivity contribution in [2.45, 2.75) is 71.8 Å². The Labute approximate surface area is 189 Å². The molecule has 1 saturated carbocycles. The second-order valence-electron chi connectivity index (χ2n) is 9.24. The zero-order valence-electron chi connectivity index (χ0n) is 19.7. The van der Waals surface area contributed by atoms with Crippen molar-refractivity contribution in [3.05, 3.63) is 63.2 Å². The molecule has 0 unspecified atom stereocenters. The lowest BCUT2D eigenvalue weighted by Gasteiger charge is -2.30. The monoisotopic (exact) mass is 434 g/mol. The van der Waals surface area contributed by atoms with Crippen LogP contribution in [0.2, 0.25) is 0 Å².